The fourth-order valence-corrected chi connectivity index (χ4v) is 2.16. The number of esters is 1. The Morgan fingerprint density at radius 1 is 1.20 bits per heavy atom. The van der Waals surface area contributed by atoms with Gasteiger partial charge in [0.25, 0.3) is 5.69 Å². The summed E-state index contributed by atoms with van der Waals surface area (Å²) >= 11 is 0. The maximum Gasteiger partial charge on any atom is 0.355 e. The van der Waals surface area contributed by atoms with Crippen LogP contribution in [0.3, 0.4) is 0 Å². The van der Waals surface area contributed by atoms with Gasteiger partial charge < -0.3 is 18.8 Å². The number of aromatic nitrogens is 1. The average molecular weight is 348 g/mol. The number of ether oxygens (including phenoxy) is 3. The Labute approximate surface area is 142 Å². The van der Waals surface area contributed by atoms with E-state index in [0.29, 0.717) is 11.5 Å². The van der Waals surface area contributed by atoms with E-state index >= 15 is 0 Å². The number of carbonyl (C=O) groups is 2. The monoisotopic (exact) mass is 348 g/mol. The fourth-order valence-electron chi connectivity index (χ4n) is 2.16. The molecule has 0 N–H and O–H groups in total. The smallest absolute Gasteiger partial charge is 0.355 e. The summed E-state index contributed by atoms with van der Waals surface area (Å²) in [7, 11) is 4.34. The largest absolute Gasteiger partial charge is 0.497 e. The Hall–Kier alpha value is -3.36. The molecule has 0 fully saturated rings. The number of methoxy groups -OCH3 is 2. The lowest BCUT2D eigenvalue weighted by molar-refractivity contribution is -0.384. The summed E-state index contributed by atoms with van der Waals surface area (Å²) < 4.78 is 16.4. The lowest BCUT2D eigenvalue weighted by atomic mass is 10.1. The first kappa shape index (κ1) is 18.0. The summed E-state index contributed by atoms with van der Waals surface area (Å²) in [6.07, 6.45) is 1.18. The van der Waals surface area contributed by atoms with Gasteiger partial charge in [0, 0.05) is 13.1 Å². The van der Waals surface area contributed by atoms with Crippen molar-refractivity contribution in [3.05, 3.63) is 51.8 Å². The Morgan fingerprint density at radius 3 is 2.48 bits per heavy atom. The van der Waals surface area contributed by atoms with Gasteiger partial charge in [-0.2, -0.15) is 0 Å². The number of aryl methyl sites for hydroxylation is 1. The average Bonchev–Trinajstić information content (AvgIpc) is 3.00. The van der Waals surface area contributed by atoms with Gasteiger partial charge in [0.15, 0.2) is 6.61 Å². The van der Waals surface area contributed by atoms with Crippen molar-refractivity contribution in [1.82, 2.24) is 4.57 Å². The molecule has 1 aromatic heterocycles. The summed E-state index contributed by atoms with van der Waals surface area (Å²) in [5.41, 5.74) is -0.0696. The fraction of sp³-hybridized carbons (Fsp3) is 0.250. The molecule has 25 heavy (non-hydrogen) atoms. The molecule has 1 heterocycles. The molecular weight excluding hydrogens is 332 g/mol. The van der Waals surface area contributed by atoms with Crippen molar-refractivity contribution in [3.8, 4) is 11.5 Å². The highest BCUT2D eigenvalue weighted by Crippen LogP contribution is 2.24. The van der Waals surface area contributed by atoms with Crippen LogP contribution in [0.2, 0.25) is 0 Å². The van der Waals surface area contributed by atoms with Crippen LogP contribution in [-0.4, -0.2) is 42.1 Å². The van der Waals surface area contributed by atoms with Crippen LogP contribution in [0.5, 0.6) is 11.5 Å². The molecule has 2 rings (SSSR count). The highest BCUT2D eigenvalue weighted by Gasteiger charge is 2.21. The molecule has 0 atom stereocenters. The van der Waals surface area contributed by atoms with Crippen LogP contribution >= 0.6 is 0 Å². The molecule has 0 saturated heterocycles. The number of ketones is 1. The molecule has 0 radical (unpaired) electrons. The van der Waals surface area contributed by atoms with Gasteiger partial charge in [0.2, 0.25) is 5.78 Å². The van der Waals surface area contributed by atoms with Crippen LogP contribution in [-0.2, 0) is 11.8 Å². The summed E-state index contributed by atoms with van der Waals surface area (Å²) in [5, 5.41) is 10.7. The number of nitrogens with zero attached hydrogens (tertiary/aromatic N) is 2. The number of nitro groups is 1. The van der Waals surface area contributed by atoms with Crippen LogP contribution in [0.1, 0.15) is 20.8 Å². The molecule has 2 aromatic rings. The Kier molecular flexibility index (Phi) is 5.38. The maximum absolute atomic E-state index is 12.3. The van der Waals surface area contributed by atoms with Gasteiger partial charge >= 0.3 is 5.97 Å². The zero-order valence-corrected chi connectivity index (χ0v) is 13.8. The normalized spacial score (nSPS) is 10.2. The predicted molar refractivity (Wildman–Crippen MR) is 86.2 cm³/mol. The Bertz CT molecular complexity index is 826. The van der Waals surface area contributed by atoms with Crippen molar-refractivity contribution in [3.63, 3.8) is 0 Å². The first-order valence-electron chi connectivity index (χ1n) is 7.10. The second-order valence-corrected chi connectivity index (χ2v) is 5.02. The molecule has 1 aromatic carbocycles. The van der Waals surface area contributed by atoms with E-state index in [-0.39, 0.29) is 16.9 Å². The van der Waals surface area contributed by atoms with Gasteiger partial charge in [-0.15, -0.1) is 0 Å². The van der Waals surface area contributed by atoms with Gasteiger partial charge in [0.05, 0.1) is 30.9 Å². The molecule has 0 unspecified atom stereocenters. The van der Waals surface area contributed by atoms with Gasteiger partial charge in [-0.1, -0.05) is 0 Å². The van der Waals surface area contributed by atoms with Gasteiger partial charge in [-0.25, -0.2) is 4.79 Å². The molecule has 132 valence electrons. The van der Waals surface area contributed by atoms with E-state index in [1.807, 2.05) is 0 Å². The Morgan fingerprint density at radius 2 is 1.92 bits per heavy atom. The van der Waals surface area contributed by atoms with Crippen molar-refractivity contribution < 1.29 is 28.7 Å². The molecule has 9 nitrogen and oxygen atoms in total. The molecule has 0 aliphatic rings. The summed E-state index contributed by atoms with van der Waals surface area (Å²) in [6.45, 7) is -0.540. The molecule has 0 saturated carbocycles. The minimum Gasteiger partial charge on any atom is -0.497 e. The number of benzene rings is 1. The zero-order chi connectivity index (χ0) is 18.6. The lowest BCUT2D eigenvalue weighted by Gasteiger charge is -2.10. The molecule has 0 spiro atoms. The van der Waals surface area contributed by atoms with E-state index in [0.717, 1.165) is 6.07 Å². The molecule has 0 aliphatic heterocycles. The third-order valence-electron chi connectivity index (χ3n) is 3.45. The van der Waals surface area contributed by atoms with Crippen molar-refractivity contribution in [1.29, 1.82) is 0 Å². The molecule has 0 bridgehead atoms. The number of hydrogen-bond donors (Lipinski definition) is 0. The van der Waals surface area contributed by atoms with Crippen molar-refractivity contribution in [2.24, 2.45) is 7.05 Å². The quantitative estimate of drug-likeness (QED) is 0.326. The van der Waals surface area contributed by atoms with E-state index in [9.17, 15) is 19.7 Å². The summed E-state index contributed by atoms with van der Waals surface area (Å²) in [6, 6.07) is 5.75. The van der Waals surface area contributed by atoms with E-state index in [1.165, 1.54) is 38.1 Å². The van der Waals surface area contributed by atoms with Crippen LogP contribution in [0.4, 0.5) is 5.69 Å². The highest BCUT2D eigenvalue weighted by atomic mass is 16.6. The van der Waals surface area contributed by atoms with E-state index in [4.69, 9.17) is 14.2 Å². The van der Waals surface area contributed by atoms with Crippen LogP contribution < -0.4 is 9.47 Å². The van der Waals surface area contributed by atoms with Crippen molar-refractivity contribution in [2.45, 2.75) is 0 Å². The second kappa shape index (κ2) is 7.47. The summed E-state index contributed by atoms with van der Waals surface area (Å²) in [5.74, 6) is -0.566. The van der Waals surface area contributed by atoms with E-state index < -0.39 is 23.3 Å². The number of carbonyl (C=O) groups excluding carboxylic acids is 2. The van der Waals surface area contributed by atoms with E-state index in [1.54, 1.807) is 12.1 Å². The molecule has 0 aliphatic carbocycles. The minimum absolute atomic E-state index is 0.0305. The number of rotatable bonds is 7. The van der Waals surface area contributed by atoms with Crippen LogP contribution in [0, 0.1) is 10.1 Å². The maximum atomic E-state index is 12.3. The van der Waals surface area contributed by atoms with Crippen LogP contribution in [0.15, 0.2) is 30.5 Å². The first-order valence-corrected chi connectivity index (χ1v) is 7.10. The zero-order valence-electron chi connectivity index (χ0n) is 13.8. The van der Waals surface area contributed by atoms with Crippen molar-refractivity contribution >= 4 is 17.4 Å². The first-order chi connectivity index (χ1) is 11.9. The third-order valence-corrected chi connectivity index (χ3v) is 3.45. The number of Topliss-reactive ketones (excluding diaryl/α,β-unsaturated/α-hetero) is 1. The summed E-state index contributed by atoms with van der Waals surface area (Å²) in [4.78, 5) is 34.4. The highest BCUT2D eigenvalue weighted by molar-refractivity contribution is 6.01. The topological polar surface area (TPSA) is 110 Å². The van der Waals surface area contributed by atoms with Crippen LogP contribution in [0.25, 0.3) is 0 Å². The van der Waals surface area contributed by atoms with Gasteiger partial charge in [-0.3, -0.25) is 14.9 Å². The number of hydrogen-bond acceptors (Lipinski definition) is 7. The third kappa shape index (κ3) is 3.94. The lowest BCUT2D eigenvalue weighted by Crippen LogP contribution is -2.16. The molecule has 9 heteroatoms. The predicted octanol–water partition coefficient (Wildman–Crippen LogP) is 1.99. The standard InChI is InChI=1S/C16H16N2O7/c1-17-8-10(18(21)22)6-13(17)16(20)25-9-14(19)12-7-11(23-2)4-5-15(12)24-3/h4-8H,9H2,1-3H3. The molecular formula is C16H16N2O7. The van der Waals surface area contributed by atoms with E-state index in [2.05, 4.69) is 0 Å². The van der Waals surface area contributed by atoms with Gasteiger partial charge in [0.1, 0.15) is 17.2 Å². The SMILES string of the molecule is COc1ccc(OC)c(C(=O)COC(=O)c2cc([N+](=O)[O-])cn2C)c1. The molecule has 0 amide bonds. The van der Waals surface area contributed by atoms with Gasteiger partial charge in [-0.05, 0) is 18.2 Å². The van der Waals surface area contributed by atoms with Crippen molar-refractivity contribution in [2.75, 3.05) is 20.8 Å². The second-order valence-electron chi connectivity index (χ2n) is 5.02. The Balaban J connectivity index is 2.12. The minimum atomic E-state index is -0.842.